The van der Waals surface area contributed by atoms with Crippen LogP contribution in [0, 0.1) is 5.92 Å². The van der Waals surface area contributed by atoms with E-state index in [1.807, 2.05) is 0 Å². The first-order valence-corrected chi connectivity index (χ1v) is 7.40. The van der Waals surface area contributed by atoms with Crippen LogP contribution in [-0.2, 0) is 14.6 Å². The van der Waals surface area contributed by atoms with Crippen LogP contribution in [0.4, 0.5) is 0 Å². The van der Waals surface area contributed by atoms with Crippen molar-refractivity contribution >= 4 is 15.6 Å². The van der Waals surface area contributed by atoms with Crippen LogP contribution in [0.25, 0.3) is 0 Å². The maximum atomic E-state index is 11.7. The summed E-state index contributed by atoms with van der Waals surface area (Å²) in [4.78, 5) is 11.7. The number of Topliss-reactive ketones (excluding diaryl/α,β-unsaturated/α-hetero) is 1. The first kappa shape index (κ1) is 12.6. The minimum absolute atomic E-state index is 0.00417. The average molecular weight is 233 g/mol. The van der Waals surface area contributed by atoms with Gasteiger partial charge in [-0.2, -0.15) is 0 Å². The standard InChI is InChI=1S/C10H19NO3S/c1-15(13,14)6-5-10(12)8-3-2-4-9(11)7-8/h8-9H,2-7,11H2,1H3. The highest BCUT2D eigenvalue weighted by Crippen LogP contribution is 2.24. The van der Waals surface area contributed by atoms with E-state index in [9.17, 15) is 13.2 Å². The van der Waals surface area contributed by atoms with Crippen molar-refractivity contribution in [2.45, 2.75) is 38.1 Å². The minimum atomic E-state index is -3.02. The number of sulfone groups is 1. The van der Waals surface area contributed by atoms with Crippen molar-refractivity contribution < 1.29 is 13.2 Å². The quantitative estimate of drug-likeness (QED) is 0.767. The summed E-state index contributed by atoms with van der Waals surface area (Å²) >= 11 is 0. The largest absolute Gasteiger partial charge is 0.328 e. The molecule has 0 amide bonds. The Morgan fingerprint density at radius 3 is 2.60 bits per heavy atom. The molecule has 0 aromatic rings. The highest BCUT2D eigenvalue weighted by Gasteiger charge is 2.25. The van der Waals surface area contributed by atoms with Gasteiger partial charge in [0.2, 0.25) is 0 Å². The van der Waals surface area contributed by atoms with Gasteiger partial charge in [0.15, 0.2) is 0 Å². The number of carbonyl (C=O) groups excluding carboxylic acids is 1. The summed E-state index contributed by atoms with van der Waals surface area (Å²) in [6.45, 7) is 0. The van der Waals surface area contributed by atoms with Gasteiger partial charge in [-0.05, 0) is 19.3 Å². The number of ketones is 1. The van der Waals surface area contributed by atoms with Crippen molar-refractivity contribution in [1.29, 1.82) is 0 Å². The fourth-order valence-electron chi connectivity index (χ4n) is 2.01. The van der Waals surface area contributed by atoms with E-state index in [1.54, 1.807) is 0 Å². The summed E-state index contributed by atoms with van der Waals surface area (Å²) in [6.07, 6.45) is 4.87. The molecule has 5 heteroatoms. The van der Waals surface area contributed by atoms with Crippen LogP contribution in [0.15, 0.2) is 0 Å². The summed E-state index contributed by atoms with van der Waals surface area (Å²) in [7, 11) is -3.02. The van der Waals surface area contributed by atoms with E-state index in [4.69, 9.17) is 5.73 Å². The molecular formula is C10H19NO3S. The third kappa shape index (κ3) is 4.75. The first-order valence-electron chi connectivity index (χ1n) is 5.34. The van der Waals surface area contributed by atoms with E-state index >= 15 is 0 Å². The zero-order chi connectivity index (χ0) is 11.5. The predicted molar refractivity (Wildman–Crippen MR) is 59.3 cm³/mol. The zero-order valence-corrected chi connectivity index (χ0v) is 9.92. The number of nitrogens with two attached hydrogens (primary N) is 1. The first-order chi connectivity index (χ1) is 6.88. The number of rotatable bonds is 4. The normalized spacial score (nSPS) is 27.6. The van der Waals surface area contributed by atoms with Crippen LogP contribution in [0.2, 0.25) is 0 Å². The molecule has 0 aromatic carbocycles. The molecule has 1 saturated carbocycles. The molecule has 88 valence electrons. The fraction of sp³-hybridized carbons (Fsp3) is 0.900. The predicted octanol–water partition coefficient (Wildman–Crippen LogP) is 0.508. The zero-order valence-electron chi connectivity index (χ0n) is 9.11. The molecule has 0 aliphatic heterocycles. The molecule has 0 radical (unpaired) electrons. The molecule has 0 spiro atoms. The van der Waals surface area contributed by atoms with Gasteiger partial charge in [0, 0.05) is 24.6 Å². The van der Waals surface area contributed by atoms with Gasteiger partial charge in [-0.1, -0.05) is 6.42 Å². The summed E-state index contributed by atoms with van der Waals surface area (Å²) in [6, 6.07) is 0.117. The Morgan fingerprint density at radius 2 is 2.07 bits per heavy atom. The van der Waals surface area contributed by atoms with E-state index in [1.165, 1.54) is 0 Å². The van der Waals surface area contributed by atoms with Gasteiger partial charge in [-0.3, -0.25) is 4.79 Å². The lowest BCUT2D eigenvalue weighted by Gasteiger charge is -2.25. The lowest BCUT2D eigenvalue weighted by Crippen LogP contribution is -2.32. The van der Waals surface area contributed by atoms with Gasteiger partial charge in [0.25, 0.3) is 0 Å². The second-order valence-corrected chi connectivity index (χ2v) is 6.73. The Labute approximate surface area is 91.1 Å². The van der Waals surface area contributed by atoms with Crippen molar-refractivity contribution in [3.63, 3.8) is 0 Å². The van der Waals surface area contributed by atoms with E-state index in [2.05, 4.69) is 0 Å². The molecule has 1 fully saturated rings. The SMILES string of the molecule is CS(=O)(=O)CCC(=O)C1CCCC(N)C1. The Bertz CT molecular complexity index is 324. The van der Waals surface area contributed by atoms with Crippen LogP contribution in [0.5, 0.6) is 0 Å². The van der Waals surface area contributed by atoms with Crippen LogP contribution in [-0.4, -0.2) is 32.3 Å². The number of hydrogen-bond acceptors (Lipinski definition) is 4. The molecule has 1 aliphatic carbocycles. The van der Waals surface area contributed by atoms with Gasteiger partial charge < -0.3 is 5.73 Å². The molecule has 2 unspecified atom stereocenters. The lowest BCUT2D eigenvalue weighted by atomic mass is 9.83. The molecule has 2 N–H and O–H groups in total. The molecular weight excluding hydrogens is 214 g/mol. The molecule has 4 nitrogen and oxygen atoms in total. The molecule has 0 aromatic heterocycles. The van der Waals surface area contributed by atoms with Crippen molar-refractivity contribution in [2.75, 3.05) is 12.0 Å². The summed E-state index contributed by atoms with van der Waals surface area (Å²) in [5.41, 5.74) is 5.77. The van der Waals surface area contributed by atoms with E-state index in [0.29, 0.717) is 0 Å². The van der Waals surface area contributed by atoms with Gasteiger partial charge in [0.05, 0.1) is 5.75 Å². The number of hydrogen-bond donors (Lipinski definition) is 1. The summed E-state index contributed by atoms with van der Waals surface area (Å²) in [5.74, 6) is 0.0310. The van der Waals surface area contributed by atoms with Crippen LogP contribution in [0.1, 0.15) is 32.1 Å². The van der Waals surface area contributed by atoms with Crippen LogP contribution >= 0.6 is 0 Å². The van der Waals surface area contributed by atoms with E-state index in [0.717, 1.165) is 31.9 Å². The fourth-order valence-corrected chi connectivity index (χ4v) is 2.58. The molecule has 0 saturated heterocycles. The summed E-state index contributed by atoms with van der Waals surface area (Å²) in [5, 5.41) is 0. The third-order valence-corrected chi connectivity index (χ3v) is 3.84. The van der Waals surface area contributed by atoms with Gasteiger partial charge in [0.1, 0.15) is 15.6 Å². The van der Waals surface area contributed by atoms with E-state index in [-0.39, 0.29) is 29.9 Å². The topological polar surface area (TPSA) is 77.2 Å². The maximum absolute atomic E-state index is 11.7. The Hall–Kier alpha value is -0.420. The van der Waals surface area contributed by atoms with Crippen molar-refractivity contribution in [3.05, 3.63) is 0 Å². The van der Waals surface area contributed by atoms with E-state index < -0.39 is 9.84 Å². The summed E-state index contributed by atoms with van der Waals surface area (Å²) < 4.78 is 21.8. The molecule has 2 atom stereocenters. The Balaban J connectivity index is 2.40. The third-order valence-electron chi connectivity index (χ3n) is 2.89. The van der Waals surface area contributed by atoms with Gasteiger partial charge in [-0.15, -0.1) is 0 Å². The second kappa shape index (κ2) is 5.07. The monoisotopic (exact) mass is 233 g/mol. The van der Waals surface area contributed by atoms with Crippen molar-refractivity contribution in [2.24, 2.45) is 11.7 Å². The Morgan fingerprint density at radius 1 is 1.40 bits per heavy atom. The second-order valence-electron chi connectivity index (χ2n) is 4.47. The lowest BCUT2D eigenvalue weighted by molar-refractivity contribution is -0.123. The molecule has 1 rings (SSSR count). The highest BCUT2D eigenvalue weighted by molar-refractivity contribution is 7.90. The van der Waals surface area contributed by atoms with Crippen LogP contribution < -0.4 is 5.73 Å². The Kier molecular flexibility index (Phi) is 4.28. The van der Waals surface area contributed by atoms with Gasteiger partial charge in [-0.25, -0.2) is 8.42 Å². The molecule has 0 heterocycles. The average Bonchev–Trinajstić information content (AvgIpc) is 2.13. The maximum Gasteiger partial charge on any atom is 0.147 e. The molecule has 0 bridgehead atoms. The molecule has 1 aliphatic rings. The highest BCUT2D eigenvalue weighted by atomic mass is 32.2. The smallest absolute Gasteiger partial charge is 0.147 e. The van der Waals surface area contributed by atoms with Crippen molar-refractivity contribution in [1.82, 2.24) is 0 Å². The van der Waals surface area contributed by atoms with Crippen molar-refractivity contribution in [3.8, 4) is 0 Å². The molecule has 15 heavy (non-hydrogen) atoms. The number of carbonyl (C=O) groups is 1. The van der Waals surface area contributed by atoms with Crippen LogP contribution in [0.3, 0.4) is 0 Å². The minimum Gasteiger partial charge on any atom is -0.328 e. The van der Waals surface area contributed by atoms with Gasteiger partial charge >= 0.3 is 0 Å².